The number of amides is 2. The van der Waals surface area contributed by atoms with Crippen molar-refractivity contribution in [3.63, 3.8) is 0 Å². The Kier molecular flexibility index (Phi) is 4.52. The van der Waals surface area contributed by atoms with Gasteiger partial charge >= 0.3 is 0 Å². The summed E-state index contributed by atoms with van der Waals surface area (Å²) in [5.41, 5.74) is 1.60. The lowest BCUT2D eigenvalue weighted by molar-refractivity contribution is -0.123. The van der Waals surface area contributed by atoms with Crippen LogP contribution < -0.4 is 5.32 Å². The Balaban J connectivity index is 1.31. The van der Waals surface area contributed by atoms with Crippen molar-refractivity contribution in [2.24, 2.45) is 17.8 Å². The van der Waals surface area contributed by atoms with Crippen LogP contribution in [0.3, 0.4) is 0 Å². The Labute approximate surface area is 148 Å². The number of nitrogens with zero attached hydrogens (tertiary/aromatic N) is 2. The molecule has 2 heterocycles. The molecule has 2 amide bonds. The van der Waals surface area contributed by atoms with E-state index in [1.807, 2.05) is 4.90 Å². The van der Waals surface area contributed by atoms with E-state index in [0.717, 1.165) is 25.0 Å². The molecule has 2 aliphatic carbocycles. The Morgan fingerprint density at radius 3 is 2.76 bits per heavy atom. The van der Waals surface area contributed by atoms with Crippen LogP contribution in [0.15, 0.2) is 6.20 Å². The number of aromatic nitrogens is 2. The Bertz CT molecular complexity index is 644. The van der Waals surface area contributed by atoms with Crippen LogP contribution in [0, 0.1) is 17.8 Å². The van der Waals surface area contributed by atoms with Gasteiger partial charge < -0.3 is 10.2 Å². The lowest BCUT2D eigenvalue weighted by Gasteiger charge is -2.17. The van der Waals surface area contributed by atoms with Gasteiger partial charge in [-0.1, -0.05) is 26.2 Å². The van der Waals surface area contributed by atoms with Crippen LogP contribution in [-0.4, -0.2) is 46.0 Å². The quantitative estimate of drug-likeness (QED) is 0.859. The second-order valence-electron chi connectivity index (χ2n) is 7.90. The predicted molar refractivity (Wildman–Crippen MR) is 94.0 cm³/mol. The van der Waals surface area contributed by atoms with Gasteiger partial charge in [-0.05, 0) is 37.5 Å². The first kappa shape index (κ1) is 16.6. The maximum atomic E-state index is 12.7. The molecule has 25 heavy (non-hydrogen) atoms. The summed E-state index contributed by atoms with van der Waals surface area (Å²) < 4.78 is 0. The first-order chi connectivity index (χ1) is 12.2. The molecular formula is C19H28N4O2. The molecule has 0 bridgehead atoms. The van der Waals surface area contributed by atoms with Crippen LogP contribution >= 0.6 is 0 Å². The number of aryl methyl sites for hydroxylation is 1. The minimum absolute atomic E-state index is 0.0361. The number of fused-ring (bicyclic) bond motifs is 1. The number of carbonyl (C=O) groups excluding carboxylic acids is 2. The van der Waals surface area contributed by atoms with Crippen LogP contribution in [-0.2, 0) is 11.2 Å². The van der Waals surface area contributed by atoms with E-state index in [-0.39, 0.29) is 23.8 Å². The van der Waals surface area contributed by atoms with Crippen molar-refractivity contribution >= 4 is 11.8 Å². The third-order valence-corrected chi connectivity index (χ3v) is 6.23. The van der Waals surface area contributed by atoms with Crippen molar-refractivity contribution in [2.75, 3.05) is 13.1 Å². The predicted octanol–water partition coefficient (Wildman–Crippen LogP) is 2.13. The number of likely N-dealkylation sites (tertiary alicyclic amines) is 1. The van der Waals surface area contributed by atoms with Gasteiger partial charge in [0.05, 0.1) is 11.8 Å². The molecule has 1 aromatic heterocycles. The SMILES string of the molecule is CCCc1[nH]ncc1C(=O)N1CC[C@@H](NC(=O)C2[C@H]3CCCC[C@@H]23)C1. The van der Waals surface area contributed by atoms with Gasteiger partial charge in [-0.2, -0.15) is 5.10 Å². The first-order valence-corrected chi connectivity index (χ1v) is 9.81. The maximum absolute atomic E-state index is 12.7. The fraction of sp³-hybridized carbons (Fsp3) is 0.737. The van der Waals surface area contributed by atoms with E-state index >= 15 is 0 Å². The molecule has 136 valence electrons. The molecule has 0 radical (unpaired) electrons. The van der Waals surface area contributed by atoms with Crippen molar-refractivity contribution in [2.45, 2.75) is 57.9 Å². The van der Waals surface area contributed by atoms with E-state index in [2.05, 4.69) is 22.4 Å². The number of carbonyl (C=O) groups is 2. The molecule has 6 heteroatoms. The minimum Gasteiger partial charge on any atom is -0.351 e. The molecule has 1 unspecified atom stereocenters. The van der Waals surface area contributed by atoms with E-state index < -0.39 is 0 Å². The number of nitrogens with one attached hydrogen (secondary N) is 2. The summed E-state index contributed by atoms with van der Waals surface area (Å²) in [7, 11) is 0. The van der Waals surface area contributed by atoms with Crippen LogP contribution in [0.5, 0.6) is 0 Å². The molecule has 0 spiro atoms. The average Bonchev–Trinajstić information content (AvgIpc) is 2.93. The normalized spacial score (nSPS) is 30.8. The third-order valence-electron chi connectivity index (χ3n) is 6.23. The maximum Gasteiger partial charge on any atom is 0.257 e. The highest BCUT2D eigenvalue weighted by molar-refractivity contribution is 5.95. The molecule has 1 saturated heterocycles. The first-order valence-electron chi connectivity index (χ1n) is 9.81. The van der Waals surface area contributed by atoms with Crippen LogP contribution in [0.1, 0.15) is 61.5 Å². The number of H-pyrrole nitrogens is 1. The summed E-state index contributed by atoms with van der Waals surface area (Å²) in [6, 6.07) is 0.0978. The smallest absolute Gasteiger partial charge is 0.257 e. The van der Waals surface area contributed by atoms with Crippen molar-refractivity contribution in [1.29, 1.82) is 0 Å². The Hall–Kier alpha value is -1.85. The summed E-state index contributed by atoms with van der Waals surface area (Å²) in [4.78, 5) is 27.1. The van der Waals surface area contributed by atoms with E-state index in [4.69, 9.17) is 0 Å². The van der Waals surface area contributed by atoms with Gasteiger partial charge in [-0.15, -0.1) is 0 Å². The zero-order valence-electron chi connectivity index (χ0n) is 15.0. The monoisotopic (exact) mass is 344 g/mol. The molecule has 1 aromatic rings. The Morgan fingerprint density at radius 2 is 2.04 bits per heavy atom. The molecule has 3 fully saturated rings. The highest BCUT2D eigenvalue weighted by Gasteiger charge is 2.55. The zero-order valence-corrected chi connectivity index (χ0v) is 15.0. The van der Waals surface area contributed by atoms with Crippen molar-refractivity contribution in [1.82, 2.24) is 20.4 Å². The lowest BCUT2D eigenvalue weighted by Crippen LogP contribution is -2.39. The summed E-state index contributed by atoms with van der Waals surface area (Å²) in [6.07, 6.45) is 9.29. The van der Waals surface area contributed by atoms with E-state index in [1.54, 1.807) is 6.20 Å². The summed E-state index contributed by atoms with van der Waals surface area (Å²) in [5, 5.41) is 10.2. The second kappa shape index (κ2) is 6.81. The number of hydrogen-bond donors (Lipinski definition) is 2. The number of aromatic amines is 1. The molecule has 3 aliphatic rings. The van der Waals surface area contributed by atoms with E-state index in [0.29, 0.717) is 30.5 Å². The summed E-state index contributed by atoms with van der Waals surface area (Å²) >= 11 is 0. The second-order valence-corrected chi connectivity index (χ2v) is 7.90. The van der Waals surface area contributed by atoms with Gasteiger partial charge in [0, 0.05) is 30.7 Å². The number of hydrogen-bond acceptors (Lipinski definition) is 3. The molecule has 4 atom stereocenters. The van der Waals surface area contributed by atoms with Gasteiger partial charge in [-0.3, -0.25) is 14.7 Å². The molecule has 1 aliphatic heterocycles. The molecule has 2 saturated carbocycles. The molecular weight excluding hydrogens is 316 g/mol. The fourth-order valence-electron chi connectivity index (χ4n) is 4.85. The molecule has 4 rings (SSSR count). The number of rotatable bonds is 5. The lowest BCUT2D eigenvalue weighted by atomic mass is 10.0. The van der Waals surface area contributed by atoms with Crippen LogP contribution in [0.25, 0.3) is 0 Å². The van der Waals surface area contributed by atoms with Crippen LogP contribution in [0.4, 0.5) is 0 Å². The topological polar surface area (TPSA) is 78.1 Å². The highest BCUT2D eigenvalue weighted by Crippen LogP contribution is 2.55. The molecule has 0 aromatic carbocycles. The van der Waals surface area contributed by atoms with Gasteiger partial charge in [0.2, 0.25) is 5.91 Å². The standard InChI is InChI=1S/C19H28N4O2/c1-2-5-16-15(10-20-22-16)19(25)23-9-8-12(11-23)21-18(24)17-13-6-3-4-7-14(13)17/h10,12-14,17H,2-9,11H2,1H3,(H,20,22)(H,21,24)/t12-,13-,14+,17?/m1/s1. The van der Waals surface area contributed by atoms with E-state index in [1.165, 1.54) is 25.7 Å². The molecule has 2 N–H and O–H groups in total. The van der Waals surface area contributed by atoms with Crippen molar-refractivity contribution in [3.05, 3.63) is 17.5 Å². The van der Waals surface area contributed by atoms with Crippen LogP contribution in [0.2, 0.25) is 0 Å². The van der Waals surface area contributed by atoms with Gasteiger partial charge in [0.1, 0.15) is 0 Å². The van der Waals surface area contributed by atoms with Gasteiger partial charge in [0.25, 0.3) is 5.91 Å². The molecule has 6 nitrogen and oxygen atoms in total. The minimum atomic E-state index is 0.0361. The van der Waals surface area contributed by atoms with Crippen molar-refractivity contribution < 1.29 is 9.59 Å². The largest absolute Gasteiger partial charge is 0.351 e. The highest BCUT2D eigenvalue weighted by atomic mass is 16.2. The summed E-state index contributed by atoms with van der Waals surface area (Å²) in [5.74, 6) is 1.78. The summed E-state index contributed by atoms with van der Waals surface area (Å²) in [6.45, 7) is 3.41. The Morgan fingerprint density at radius 1 is 1.28 bits per heavy atom. The van der Waals surface area contributed by atoms with Gasteiger partial charge in [0.15, 0.2) is 0 Å². The third kappa shape index (κ3) is 3.18. The van der Waals surface area contributed by atoms with E-state index in [9.17, 15) is 9.59 Å². The average molecular weight is 344 g/mol. The van der Waals surface area contributed by atoms with Gasteiger partial charge in [-0.25, -0.2) is 0 Å². The fourth-order valence-corrected chi connectivity index (χ4v) is 4.85. The van der Waals surface area contributed by atoms with Crippen molar-refractivity contribution in [3.8, 4) is 0 Å². The zero-order chi connectivity index (χ0) is 17.4.